The van der Waals surface area contributed by atoms with E-state index in [4.69, 9.17) is 14.2 Å². The Morgan fingerprint density at radius 3 is 2.17 bits per heavy atom. The number of aliphatic hydroxyl groups is 1. The zero-order valence-electron chi connectivity index (χ0n) is 23.2. The molecule has 3 atom stereocenters. The van der Waals surface area contributed by atoms with E-state index in [0.717, 1.165) is 22.4 Å². The highest BCUT2D eigenvalue weighted by atomic mass is 16.6. The van der Waals surface area contributed by atoms with Gasteiger partial charge in [-0.2, -0.15) is 0 Å². The molecule has 1 fully saturated rings. The summed E-state index contributed by atoms with van der Waals surface area (Å²) in [7, 11) is 1.63. The van der Waals surface area contributed by atoms with Crippen LogP contribution in [0.4, 0.5) is 0 Å². The largest absolute Gasteiger partial charge is 0.497 e. The van der Waals surface area contributed by atoms with Gasteiger partial charge in [-0.3, -0.25) is 14.3 Å². The van der Waals surface area contributed by atoms with Crippen LogP contribution in [0.3, 0.4) is 0 Å². The minimum Gasteiger partial charge on any atom is -0.497 e. The van der Waals surface area contributed by atoms with E-state index in [2.05, 4.69) is 10.3 Å². The first-order chi connectivity index (χ1) is 20.0. The van der Waals surface area contributed by atoms with Gasteiger partial charge in [0.15, 0.2) is 0 Å². The highest BCUT2D eigenvalue weighted by molar-refractivity contribution is 5.48. The van der Waals surface area contributed by atoms with Crippen molar-refractivity contribution in [1.29, 1.82) is 0 Å². The van der Waals surface area contributed by atoms with Crippen LogP contribution in [-0.4, -0.2) is 53.7 Å². The summed E-state index contributed by atoms with van der Waals surface area (Å²) in [5.74, 6) is 0.737. The molecule has 1 aliphatic rings. The number of aliphatic hydroxyl groups excluding tert-OH is 1. The van der Waals surface area contributed by atoms with Gasteiger partial charge in [0.2, 0.25) is 0 Å². The molecule has 0 spiro atoms. The SMILES string of the molecule is COc1ccc(C(OC[C@H]2O[C@@H](n3cc(C)c(=O)[nH]c3=O)C[C@@H]2NCCO)(c2ccccc2)c2ccccc2)cc1. The third-order valence-corrected chi connectivity index (χ3v) is 7.53. The number of hydrogen-bond acceptors (Lipinski definition) is 7. The lowest BCUT2D eigenvalue weighted by Crippen LogP contribution is -2.43. The maximum absolute atomic E-state index is 12.7. The summed E-state index contributed by atoms with van der Waals surface area (Å²) in [6.07, 6.45) is 0.891. The number of ether oxygens (including phenoxy) is 3. The average Bonchev–Trinajstić information content (AvgIpc) is 3.42. The van der Waals surface area contributed by atoms with Crippen LogP contribution in [-0.2, 0) is 15.1 Å². The van der Waals surface area contributed by atoms with Crippen LogP contribution in [0.5, 0.6) is 5.75 Å². The van der Waals surface area contributed by atoms with E-state index in [1.165, 1.54) is 10.8 Å². The number of rotatable bonds is 11. The van der Waals surface area contributed by atoms with Gasteiger partial charge in [0, 0.05) is 30.8 Å². The Morgan fingerprint density at radius 1 is 0.976 bits per heavy atom. The molecule has 0 aliphatic carbocycles. The predicted octanol–water partition coefficient (Wildman–Crippen LogP) is 3.10. The van der Waals surface area contributed by atoms with Crippen molar-refractivity contribution in [1.82, 2.24) is 14.9 Å². The number of aromatic amines is 1. The molecule has 0 bridgehead atoms. The smallest absolute Gasteiger partial charge is 0.330 e. The van der Waals surface area contributed by atoms with Gasteiger partial charge in [-0.15, -0.1) is 0 Å². The summed E-state index contributed by atoms with van der Waals surface area (Å²) < 4.78 is 20.3. The zero-order chi connectivity index (χ0) is 28.8. The third-order valence-electron chi connectivity index (χ3n) is 7.53. The zero-order valence-corrected chi connectivity index (χ0v) is 23.2. The van der Waals surface area contributed by atoms with Crippen molar-refractivity contribution in [2.45, 2.75) is 37.3 Å². The van der Waals surface area contributed by atoms with Crippen LogP contribution >= 0.6 is 0 Å². The van der Waals surface area contributed by atoms with Crippen molar-refractivity contribution in [3.8, 4) is 5.75 Å². The summed E-state index contributed by atoms with van der Waals surface area (Å²) in [4.78, 5) is 27.0. The maximum atomic E-state index is 12.7. The molecule has 0 amide bonds. The van der Waals surface area contributed by atoms with E-state index in [-0.39, 0.29) is 19.3 Å². The molecule has 3 aromatic carbocycles. The van der Waals surface area contributed by atoms with Crippen LogP contribution in [0.15, 0.2) is 101 Å². The van der Waals surface area contributed by atoms with Crippen molar-refractivity contribution in [3.05, 3.63) is 134 Å². The van der Waals surface area contributed by atoms with Crippen molar-refractivity contribution in [2.24, 2.45) is 0 Å². The molecule has 0 unspecified atom stereocenters. The topological polar surface area (TPSA) is 115 Å². The van der Waals surface area contributed by atoms with Gasteiger partial charge in [-0.1, -0.05) is 72.8 Å². The molecule has 0 saturated carbocycles. The van der Waals surface area contributed by atoms with Crippen molar-refractivity contribution < 1.29 is 19.3 Å². The van der Waals surface area contributed by atoms with Crippen LogP contribution in [0.2, 0.25) is 0 Å². The molecule has 1 aliphatic heterocycles. The monoisotopic (exact) mass is 557 g/mol. The number of nitrogens with one attached hydrogen (secondary N) is 2. The Morgan fingerprint density at radius 2 is 1.59 bits per heavy atom. The summed E-state index contributed by atoms with van der Waals surface area (Å²) in [6.45, 7) is 2.13. The average molecular weight is 558 g/mol. The Bertz CT molecular complexity index is 1500. The number of benzene rings is 3. The summed E-state index contributed by atoms with van der Waals surface area (Å²) in [5.41, 5.74) is 1.28. The first-order valence-corrected chi connectivity index (χ1v) is 13.7. The van der Waals surface area contributed by atoms with Gasteiger partial charge < -0.3 is 24.6 Å². The van der Waals surface area contributed by atoms with Gasteiger partial charge in [0.05, 0.1) is 26.4 Å². The molecule has 1 aromatic heterocycles. The Labute approximate surface area is 238 Å². The number of H-pyrrole nitrogens is 1. The highest BCUT2D eigenvalue weighted by Crippen LogP contribution is 2.42. The first kappa shape index (κ1) is 28.5. The maximum Gasteiger partial charge on any atom is 0.330 e. The molecule has 2 heterocycles. The van der Waals surface area contributed by atoms with E-state index in [0.29, 0.717) is 18.5 Å². The van der Waals surface area contributed by atoms with E-state index in [1.807, 2.05) is 84.9 Å². The molecular formula is C32H35N3O6. The van der Waals surface area contributed by atoms with Crippen molar-refractivity contribution in [2.75, 3.05) is 26.9 Å². The number of aromatic nitrogens is 2. The lowest BCUT2D eigenvalue weighted by atomic mass is 9.80. The molecular weight excluding hydrogens is 522 g/mol. The van der Waals surface area contributed by atoms with E-state index in [1.54, 1.807) is 14.0 Å². The van der Waals surface area contributed by atoms with Crippen LogP contribution in [0.25, 0.3) is 0 Å². The fourth-order valence-electron chi connectivity index (χ4n) is 5.45. The Kier molecular flexibility index (Phi) is 8.80. The number of aryl methyl sites for hydroxylation is 1. The lowest BCUT2D eigenvalue weighted by molar-refractivity contribution is -0.0814. The second-order valence-electron chi connectivity index (χ2n) is 10.1. The van der Waals surface area contributed by atoms with Crippen LogP contribution in [0, 0.1) is 6.92 Å². The Balaban J connectivity index is 1.54. The second kappa shape index (κ2) is 12.7. The van der Waals surface area contributed by atoms with Gasteiger partial charge in [0.25, 0.3) is 5.56 Å². The summed E-state index contributed by atoms with van der Waals surface area (Å²) in [6, 6.07) is 27.7. The van der Waals surface area contributed by atoms with E-state index < -0.39 is 29.2 Å². The van der Waals surface area contributed by atoms with Gasteiger partial charge in [-0.05, 0) is 35.7 Å². The molecule has 0 radical (unpaired) electrons. The minimum absolute atomic E-state index is 0.0454. The fraction of sp³-hybridized carbons (Fsp3) is 0.312. The van der Waals surface area contributed by atoms with Crippen molar-refractivity contribution >= 4 is 0 Å². The molecule has 3 N–H and O–H groups in total. The molecule has 5 rings (SSSR count). The van der Waals surface area contributed by atoms with E-state index >= 15 is 0 Å². The number of nitrogens with zero attached hydrogens (tertiary/aromatic N) is 1. The van der Waals surface area contributed by atoms with Gasteiger partial charge in [-0.25, -0.2) is 4.79 Å². The fourth-order valence-corrected chi connectivity index (χ4v) is 5.45. The Hall–Kier alpha value is -4.02. The minimum atomic E-state index is -0.983. The van der Waals surface area contributed by atoms with Crippen LogP contribution < -0.4 is 21.3 Å². The first-order valence-electron chi connectivity index (χ1n) is 13.7. The molecule has 4 aromatic rings. The van der Waals surface area contributed by atoms with Gasteiger partial charge >= 0.3 is 5.69 Å². The number of methoxy groups -OCH3 is 1. The molecule has 1 saturated heterocycles. The van der Waals surface area contributed by atoms with Crippen molar-refractivity contribution in [3.63, 3.8) is 0 Å². The highest BCUT2D eigenvalue weighted by Gasteiger charge is 2.42. The molecule has 41 heavy (non-hydrogen) atoms. The molecule has 9 nitrogen and oxygen atoms in total. The second-order valence-corrected chi connectivity index (χ2v) is 10.1. The lowest BCUT2D eigenvalue weighted by Gasteiger charge is -2.37. The normalized spacial score (nSPS) is 18.9. The quantitative estimate of drug-likeness (QED) is 0.243. The van der Waals surface area contributed by atoms with Gasteiger partial charge in [0.1, 0.15) is 17.6 Å². The van der Waals surface area contributed by atoms with E-state index in [9.17, 15) is 14.7 Å². The molecule has 214 valence electrons. The van der Waals surface area contributed by atoms with Crippen LogP contribution in [0.1, 0.15) is 34.9 Å². The number of hydrogen-bond donors (Lipinski definition) is 3. The third kappa shape index (κ3) is 5.89. The standard InChI is InChI=1S/C32H35N3O6/c1-22-20-35(31(38)34-30(22)37)29-19-27(33-17-18-36)28(41-29)21-40-32(23-9-5-3-6-10-23,24-11-7-4-8-12-24)25-13-15-26(39-2)16-14-25/h3-16,20,27-29,33,36H,17-19,21H2,1-2H3,(H,34,37,38)/t27-,28+,29+/m0/s1. The summed E-state index contributed by atoms with van der Waals surface area (Å²) in [5, 5.41) is 12.9. The predicted molar refractivity (Wildman–Crippen MR) is 155 cm³/mol. The summed E-state index contributed by atoms with van der Waals surface area (Å²) >= 11 is 0. The molecule has 9 heteroatoms.